The number of rotatable bonds is 6. The quantitative estimate of drug-likeness (QED) is 0.320. The molecule has 29 heavy (non-hydrogen) atoms. The van der Waals surface area contributed by atoms with Crippen molar-refractivity contribution >= 4 is 40.7 Å². The molecule has 1 fully saturated rings. The zero-order chi connectivity index (χ0) is 20.7. The Morgan fingerprint density at radius 1 is 1.34 bits per heavy atom. The largest absolute Gasteiger partial charge is 0.497 e. The van der Waals surface area contributed by atoms with Crippen LogP contribution in [0.5, 0.6) is 5.75 Å². The molecule has 166 valence electrons. The summed E-state index contributed by atoms with van der Waals surface area (Å²) in [5.74, 6) is 1.25. The maximum absolute atomic E-state index is 13.3. The topological polar surface area (TPSA) is 62.7 Å². The highest BCUT2D eigenvalue weighted by Crippen LogP contribution is 2.34. The molecule has 3 atom stereocenters. The highest BCUT2D eigenvalue weighted by Gasteiger charge is 2.34. The average Bonchev–Trinajstić information content (AvgIpc) is 2.69. The van der Waals surface area contributed by atoms with Gasteiger partial charge in [-0.3, -0.25) is 9.20 Å². The van der Waals surface area contributed by atoms with Crippen LogP contribution in [0, 0.1) is 0 Å². The highest BCUT2D eigenvalue weighted by atomic mass is 127. The van der Waals surface area contributed by atoms with Crippen LogP contribution in [0.25, 0.3) is 0 Å². The Kier molecular flexibility index (Phi) is 10.7. The molecule has 2 N–H and O–H groups in total. The van der Waals surface area contributed by atoms with Crippen molar-refractivity contribution in [3.63, 3.8) is 0 Å². The smallest absolute Gasteiger partial charge is 0.416 e. The summed E-state index contributed by atoms with van der Waals surface area (Å²) < 4.78 is 57.0. The molecule has 1 aliphatic rings. The molecule has 1 aliphatic carbocycles. The molecule has 0 bridgehead atoms. The van der Waals surface area contributed by atoms with Crippen LogP contribution < -0.4 is 15.4 Å². The van der Waals surface area contributed by atoms with Gasteiger partial charge in [-0.15, -0.1) is 24.0 Å². The minimum absolute atomic E-state index is 0. The van der Waals surface area contributed by atoms with Crippen molar-refractivity contribution in [2.24, 2.45) is 4.99 Å². The van der Waals surface area contributed by atoms with Crippen LogP contribution >= 0.6 is 24.0 Å². The summed E-state index contributed by atoms with van der Waals surface area (Å²) >= 11 is 0. The van der Waals surface area contributed by atoms with E-state index in [2.05, 4.69) is 15.6 Å². The molecule has 10 heteroatoms. The van der Waals surface area contributed by atoms with E-state index in [9.17, 15) is 17.4 Å². The first-order chi connectivity index (χ1) is 13.3. The number of alkyl halides is 3. The van der Waals surface area contributed by atoms with E-state index in [0.717, 1.165) is 31.7 Å². The summed E-state index contributed by atoms with van der Waals surface area (Å²) in [6.07, 6.45) is -0.845. The molecule has 1 saturated carbocycles. The minimum Gasteiger partial charge on any atom is -0.497 e. The number of halogens is 4. The van der Waals surface area contributed by atoms with E-state index in [-0.39, 0.29) is 53.1 Å². The molecular weight excluding hydrogens is 518 g/mol. The average molecular weight is 547 g/mol. The van der Waals surface area contributed by atoms with Crippen molar-refractivity contribution in [1.29, 1.82) is 0 Å². The molecule has 0 heterocycles. The lowest BCUT2D eigenvalue weighted by Gasteiger charge is -2.30. The Morgan fingerprint density at radius 3 is 2.66 bits per heavy atom. The van der Waals surface area contributed by atoms with Gasteiger partial charge in [0, 0.05) is 41.4 Å². The SMILES string of the molecule is CCS(=O)C1CCCC(NC(=NC)NCc2ccc(OC)cc2C(F)(F)F)C1.I. The Balaban J connectivity index is 0.00000420. The molecular formula is C19H29F3IN3O2S. The Morgan fingerprint density at radius 2 is 2.07 bits per heavy atom. The standard InChI is InChI=1S/C19H28F3N3O2S.HI/c1-4-28(26)16-7-5-6-14(10-16)25-18(23-2)24-12-13-8-9-15(27-3)11-17(13)19(20,21)22;/h8-9,11,14,16H,4-7,10,12H2,1-3H3,(H2,23,24,25);1H. The van der Waals surface area contributed by atoms with Crippen molar-refractivity contribution in [3.8, 4) is 5.75 Å². The van der Waals surface area contributed by atoms with Crippen LogP contribution in [0.2, 0.25) is 0 Å². The highest BCUT2D eigenvalue weighted by molar-refractivity contribution is 14.0. The van der Waals surface area contributed by atoms with Crippen LogP contribution in [0.1, 0.15) is 43.7 Å². The monoisotopic (exact) mass is 547 g/mol. The zero-order valence-corrected chi connectivity index (χ0v) is 20.0. The van der Waals surface area contributed by atoms with Gasteiger partial charge in [0.1, 0.15) is 5.75 Å². The third-order valence-electron chi connectivity index (χ3n) is 4.92. The van der Waals surface area contributed by atoms with Crippen molar-refractivity contribution in [2.45, 2.75) is 56.6 Å². The summed E-state index contributed by atoms with van der Waals surface area (Å²) in [7, 11) is 2.08. The summed E-state index contributed by atoms with van der Waals surface area (Å²) in [6.45, 7) is 1.90. The third-order valence-corrected chi connectivity index (χ3v) is 6.66. The predicted octanol–water partition coefficient (Wildman–Crippen LogP) is 4.08. The second kappa shape index (κ2) is 12.0. The Labute approximate surface area is 189 Å². The maximum atomic E-state index is 13.3. The van der Waals surface area contributed by atoms with Crippen molar-refractivity contribution < 1.29 is 22.1 Å². The van der Waals surface area contributed by atoms with E-state index < -0.39 is 22.5 Å². The van der Waals surface area contributed by atoms with Gasteiger partial charge in [-0.1, -0.05) is 19.4 Å². The fourth-order valence-electron chi connectivity index (χ4n) is 3.42. The molecule has 3 unspecified atom stereocenters. The van der Waals surface area contributed by atoms with Crippen molar-refractivity contribution in [1.82, 2.24) is 10.6 Å². The van der Waals surface area contributed by atoms with Crippen molar-refractivity contribution in [2.75, 3.05) is 19.9 Å². The molecule has 0 aliphatic heterocycles. The Hall–Kier alpha value is -1.04. The van der Waals surface area contributed by atoms with Gasteiger partial charge in [0.25, 0.3) is 0 Å². The number of aliphatic imine (C=N–C) groups is 1. The molecule has 1 aromatic rings. The predicted molar refractivity (Wildman–Crippen MR) is 121 cm³/mol. The van der Waals surface area contributed by atoms with E-state index in [4.69, 9.17) is 4.74 Å². The number of hydrogen-bond acceptors (Lipinski definition) is 3. The molecule has 0 saturated heterocycles. The number of nitrogens with zero attached hydrogens (tertiary/aromatic N) is 1. The van der Waals surface area contributed by atoms with Gasteiger partial charge in [-0.25, -0.2) is 0 Å². The number of benzene rings is 1. The molecule has 0 radical (unpaired) electrons. The van der Waals surface area contributed by atoms with Gasteiger partial charge in [0.15, 0.2) is 5.96 Å². The van der Waals surface area contributed by atoms with Crippen LogP contribution in [0.15, 0.2) is 23.2 Å². The summed E-state index contributed by atoms with van der Waals surface area (Å²) in [6, 6.07) is 4.02. The summed E-state index contributed by atoms with van der Waals surface area (Å²) in [4.78, 5) is 4.13. The van der Waals surface area contributed by atoms with E-state index >= 15 is 0 Å². The van der Waals surface area contributed by atoms with E-state index in [0.29, 0.717) is 11.7 Å². The first kappa shape index (κ1) is 26.0. The number of methoxy groups -OCH3 is 1. The fraction of sp³-hybridized carbons (Fsp3) is 0.632. The zero-order valence-electron chi connectivity index (χ0n) is 16.8. The fourth-order valence-corrected chi connectivity index (χ4v) is 4.77. The Bertz CT molecular complexity index is 716. The lowest BCUT2D eigenvalue weighted by Crippen LogP contribution is -2.46. The van der Waals surface area contributed by atoms with Crippen LogP contribution in [-0.2, 0) is 23.5 Å². The van der Waals surface area contributed by atoms with Gasteiger partial charge < -0.3 is 15.4 Å². The van der Waals surface area contributed by atoms with E-state index in [1.54, 1.807) is 7.05 Å². The van der Waals surface area contributed by atoms with E-state index in [1.165, 1.54) is 19.2 Å². The summed E-state index contributed by atoms with van der Waals surface area (Å²) in [5.41, 5.74) is -0.615. The van der Waals surface area contributed by atoms with Crippen LogP contribution in [0.4, 0.5) is 13.2 Å². The number of guanidine groups is 1. The van der Waals surface area contributed by atoms with Gasteiger partial charge in [0.2, 0.25) is 0 Å². The van der Waals surface area contributed by atoms with Crippen LogP contribution in [0.3, 0.4) is 0 Å². The molecule has 1 aromatic carbocycles. The third kappa shape index (κ3) is 7.62. The summed E-state index contributed by atoms with van der Waals surface area (Å²) in [5, 5.41) is 6.39. The normalized spacial score (nSPS) is 21.1. The lowest BCUT2D eigenvalue weighted by molar-refractivity contribution is -0.138. The number of hydrogen-bond donors (Lipinski definition) is 2. The first-order valence-corrected chi connectivity index (χ1v) is 10.7. The minimum atomic E-state index is -4.47. The number of ether oxygens (including phenoxy) is 1. The lowest BCUT2D eigenvalue weighted by atomic mass is 9.95. The molecule has 0 amide bonds. The second-order valence-corrected chi connectivity index (χ2v) is 8.75. The van der Waals surface area contributed by atoms with E-state index in [1.807, 2.05) is 6.92 Å². The van der Waals surface area contributed by atoms with Gasteiger partial charge in [-0.05, 0) is 37.0 Å². The second-order valence-electron chi connectivity index (χ2n) is 6.75. The van der Waals surface area contributed by atoms with Crippen LogP contribution in [-0.4, -0.2) is 41.4 Å². The first-order valence-electron chi connectivity index (χ1n) is 9.37. The number of nitrogens with one attached hydrogen (secondary N) is 2. The molecule has 5 nitrogen and oxygen atoms in total. The molecule has 2 rings (SSSR count). The van der Waals surface area contributed by atoms with Crippen molar-refractivity contribution in [3.05, 3.63) is 29.3 Å². The van der Waals surface area contributed by atoms with Gasteiger partial charge in [0.05, 0.1) is 12.7 Å². The van der Waals surface area contributed by atoms with Gasteiger partial charge >= 0.3 is 6.18 Å². The molecule has 0 spiro atoms. The molecule has 0 aromatic heterocycles. The maximum Gasteiger partial charge on any atom is 0.416 e. The van der Waals surface area contributed by atoms with Gasteiger partial charge in [-0.2, -0.15) is 13.2 Å².